The largest absolute Gasteiger partial charge is 0.494 e. The molecule has 0 aliphatic heterocycles. The highest BCUT2D eigenvalue weighted by molar-refractivity contribution is 5.76. The number of aliphatic hydroxyl groups excluding tert-OH is 2. The van der Waals surface area contributed by atoms with Gasteiger partial charge in [-0.05, 0) is 18.6 Å². The molecule has 0 spiro atoms. The molecule has 0 radical (unpaired) electrons. The monoisotopic (exact) mass is 253 g/mol. The molecule has 0 fully saturated rings. The molecule has 0 unspecified atom stereocenters. The smallest absolute Gasteiger partial charge is 0.220 e. The number of carbonyl (C=O) groups excluding carboxylic acids is 1. The minimum Gasteiger partial charge on any atom is -0.494 e. The third kappa shape index (κ3) is 5.65. The van der Waals surface area contributed by atoms with Gasteiger partial charge < -0.3 is 20.3 Å². The van der Waals surface area contributed by atoms with Crippen LogP contribution in [-0.2, 0) is 4.79 Å². The van der Waals surface area contributed by atoms with E-state index in [0.29, 0.717) is 19.4 Å². The van der Waals surface area contributed by atoms with Crippen molar-refractivity contribution in [2.24, 2.45) is 0 Å². The van der Waals surface area contributed by atoms with E-state index in [9.17, 15) is 4.79 Å². The van der Waals surface area contributed by atoms with Gasteiger partial charge >= 0.3 is 0 Å². The van der Waals surface area contributed by atoms with Gasteiger partial charge in [-0.3, -0.25) is 4.79 Å². The van der Waals surface area contributed by atoms with Gasteiger partial charge in [-0.15, -0.1) is 0 Å². The number of ether oxygens (including phenoxy) is 1. The molecule has 5 heteroatoms. The number of para-hydroxylation sites is 1. The summed E-state index contributed by atoms with van der Waals surface area (Å²) in [6.45, 7) is -0.0636. The SMILES string of the molecule is O=C(CCCOc1ccccc1)NC(CO)CO. The summed E-state index contributed by atoms with van der Waals surface area (Å²) in [7, 11) is 0. The lowest BCUT2D eigenvalue weighted by atomic mass is 10.2. The molecule has 1 aromatic carbocycles. The molecular weight excluding hydrogens is 234 g/mol. The van der Waals surface area contributed by atoms with Crippen LogP contribution in [-0.4, -0.2) is 42.0 Å². The Morgan fingerprint density at radius 2 is 1.89 bits per heavy atom. The highest BCUT2D eigenvalue weighted by Gasteiger charge is 2.09. The molecule has 0 atom stereocenters. The van der Waals surface area contributed by atoms with Crippen molar-refractivity contribution < 1.29 is 19.7 Å². The zero-order chi connectivity index (χ0) is 13.2. The fraction of sp³-hybridized carbons (Fsp3) is 0.462. The molecule has 1 aromatic rings. The van der Waals surface area contributed by atoms with Crippen molar-refractivity contribution in [3.05, 3.63) is 30.3 Å². The fourth-order valence-electron chi connectivity index (χ4n) is 1.39. The lowest BCUT2D eigenvalue weighted by Gasteiger charge is -2.13. The standard InChI is InChI=1S/C13H19NO4/c15-9-11(10-16)14-13(17)7-4-8-18-12-5-2-1-3-6-12/h1-3,5-6,11,15-16H,4,7-10H2,(H,14,17). The molecule has 5 nitrogen and oxygen atoms in total. The van der Waals surface area contributed by atoms with Crippen molar-refractivity contribution >= 4 is 5.91 Å². The molecule has 3 N–H and O–H groups in total. The van der Waals surface area contributed by atoms with E-state index in [4.69, 9.17) is 14.9 Å². The zero-order valence-corrected chi connectivity index (χ0v) is 10.2. The number of hydrogen-bond donors (Lipinski definition) is 3. The van der Waals surface area contributed by atoms with Crippen LogP contribution in [0.25, 0.3) is 0 Å². The lowest BCUT2D eigenvalue weighted by Crippen LogP contribution is -2.40. The Bertz CT molecular complexity index is 338. The van der Waals surface area contributed by atoms with E-state index in [1.165, 1.54) is 0 Å². The van der Waals surface area contributed by atoms with Crippen molar-refractivity contribution in [2.75, 3.05) is 19.8 Å². The zero-order valence-electron chi connectivity index (χ0n) is 10.2. The summed E-state index contributed by atoms with van der Waals surface area (Å²) in [5.74, 6) is 0.585. The number of rotatable bonds is 8. The average molecular weight is 253 g/mol. The highest BCUT2D eigenvalue weighted by atomic mass is 16.5. The lowest BCUT2D eigenvalue weighted by molar-refractivity contribution is -0.122. The van der Waals surface area contributed by atoms with Gasteiger partial charge in [0.2, 0.25) is 5.91 Å². The molecule has 0 saturated heterocycles. The topological polar surface area (TPSA) is 78.8 Å². The van der Waals surface area contributed by atoms with E-state index in [2.05, 4.69) is 5.32 Å². The Balaban J connectivity index is 2.12. The van der Waals surface area contributed by atoms with Crippen LogP contribution >= 0.6 is 0 Å². The molecule has 0 aromatic heterocycles. The van der Waals surface area contributed by atoms with Gasteiger partial charge in [0.1, 0.15) is 5.75 Å². The Morgan fingerprint density at radius 1 is 1.22 bits per heavy atom. The molecular formula is C13H19NO4. The van der Waals surface area contributed by atoms with E-state index < -0.39 is 6.04 Å². The van der Waals surface area contributed by atoms with E-state index in [1.807, 2.05) is 30.3 Å². The second-order valence-corrected chi connectivity index (χ2v) is 3.89. The van der Waals surface area contributed by atoms with E-state index in [0.717, 1.165) is 5.75 Å². The maximum Gasteiger partial charge on any atom is 0.220 e. The van der Waals surface area contributed by atoms with Crippen molar-refractivity contribution in [3.8, 4) is 5.75 Å². The number of amides is 1. The number of hydrogen-bond acceptors (Lipinski definition) is 4. The molecule has 1 amide bonds. The Morgan fingerprint density at radius 3 is 2.50 bits per heavy atom. The van der Waals surface area contributed by atoms with Crippen LogP contribution in [0.2, 0.25) is 0 Å². The summed E-state index contributed by atoms with van der Waals surface area (Å²) in [6, 6.07) is 8.81. The maximum absolute atomic E-state index is 11.4. The first kappa shape index (κ1) is 14.5. The van der Waals surface area contributed by atoms with Gasteiger partial charge in [0.05, 0.1) is 25.9 Å². The summed E-state index contributed by atoms with van der Waals surface area (Å²) in [6.07, 6.45) is 0.896. The first-order chi connectivity index (χ1) is 8.76. The normalized spacial score (nSPS) is 10.4. The predicted octanol–water partition coefficient (Wildman–Crippen LogP) is 0.315. The second kappa shape index (κ2) is 8.49. The molecule has 1 rings (SSSR count). The van der Waals surface area contributed by atoms with Gasteiger partial charge in [-0.2, -0.15) is 0 Å². The van der Waals surface area contributed by atoms with Gasteiger partial charge in [-0.1, -0.05) is 18.2 Å². The second-order valence-electron chi connectivity index (χ2n) is 3.89. The summed E-state index contributed by atoms with van der Waals surface area (Å²) < 4.78 is 5.44. The average Bonchev–Trinajstić information content (AvgIpc) is 2.42. The maximum atomic E-state index is 11.4. The Labute approximate surface area is 106 Å². The molecule has 0 aliphatic carbocycles. The van der Waals surface area contributed by atoms with Crippen LogP contribution in [0.3, 0.4) is 0 Å². The van der Waals surface area contributed by atoms with Crippen LogP contribution in [0.5, 0.6) is 5.75 Å². The molecule has 100 valence electrons. The summed E-state index contributed by atoms with van der Waals surface area (Å²) in [5, 5.41) is 20.1. The van der Waals surface area contributed by atoms with Crippen LogP contribution in [0.15, 0.2) is 30.3 Å². The van der Waals surface area contributed by atoms with Crippen LogP contribution in [0.4, 0.5) is 0 Å². The van der Waals surface area contributed by atoms with Crippen molar-refractivity contribution in [1.29, 1.82) is 0 Å². The summed E-state index contributed by atoms with van der Waals surface area (Å²) in [4.78, 5) is 11.4. The first-order valence-electron chi connectivity index (χ1n) is 5.95. The van der Waals surface area contributed by atoms with E-state index in [-0.39, 0.29) is 19.1 Å². The minimum atomic E-state index is -0.576. The van der Waals surface area contributed by atoms with Crippen molar-refractivity contribution in [3.63, 3.8) is 0 Å². The molecule has 0 bridgehead atoms. The third-order valence-corrected chi connectivity index (χ3v) is 2.37. The number of nitrogens with one attached hydrogen (secondary N) is 1. The molecule has 18 heavy (non-hydrogen) atoms. The molecule has 0 aliphatic rings. The molecule has 0 saturated carbocycles. The number of carbonyl (C=O) groups is 1. The van der Waals surface area contributed by atoms with Crippen LogP contribution < -0.4 is 10.1 Å². The Hall–Kier alpha value is -1.59. The van der Waals surface area contributed by atoms with Crippen LogP contribution in [0.1, 0.15) is 12.8 Å². The van der Waals surface area contributed by atoms with E-state index >= 15 is 0 Å². The summed E-state index contributed by atoms with van der Waals surface area (Å²) >= 11 is 0. The minimum absolute atomic E-state index is 0.195. The van der Waals surface area contributed by atoms with Gasteiger partial charge in [0, 0.05) is 6.42 Å². The van der Waals surface area contributed by atoms with E-state index in [1.54, 1.807) is 0 Å². The molecule has 0 heterocycles. The third-order valence-electron chi connectivity index (χ3n) is 2.37. The quantitative estimate of drug-likeness (QED) is 0.583. The first-order valence-corrected chi connectivity index (χ1v) is 5.95. The van der Waals surface area contributed by atoms with Crippen molar-refractivity contribution in [2.45, 2.75) is 18.9 Å². The fourth-order valence-corrected chi connectivity index (χ4v) is 1.39. The summed E-state index contributed by atoms with van der Waals surface area (Å²) in [5.41, 5.74) is 0. The number of benzene rings is 1. The van der Waals surface area contributed by atoms with Crippen molar-refractivity contribution in [1.82, 2.24) is 5.32 Å². The Kier molecular flexibility index (Phi) is 6.83. The van der Waals surface area contributed by atoms with Gasteiger partial charge in [0.15, 0.2) is 0 Å². The number of aliphatic hydroxyl groups is 2. The van der Waals surface area contributed by atoms with Crippen LogP contribution in [0, 0.1) is 0 Å². The predicted molar refractivity (Wildman–Crippen MR) is 67.3 cm³/mol. The highest BCUT2D eigenvalue weighted by Crippen LogP contribution is 2.08. The van der Waals surface area contributed by atoms with Gasteiger partial charge in [-0.25, -0.2) is 0 Å². The van der Waals surface area contributed by atoms with Gasteiger partial charge in [0.25, 0.3) is 0 Å².